The van der Waals surface area contributed by atoms with E-state index in [0.717, 1.165) is 30.3 Å². The smallest absolute Gasteiger partial charge is 0.151 e. The number of nitrogens with zero attached hydrogens (tertiary/aromatic N) is 1. The quantitative estimate of drug-likeness (QED) is 0.796. The minimum absolute atomic E-state index is 0.323. The Kier molecular flexibility index (Phi) is 3.22. The number of halogens is 1. The van der Waals surface area contributed by atoms with Crippen molar-refractivity contribution in [2.45, 2.75) is 18.9 Å². The monoisotopic (exact) mass is 273 g/mol. The van der Waals surface area contributed by atoms with Crippen LogP contribution in [0.3, 0.4) is 0 Å². The van der Waals surface area contributed by atoms with Gasteiger partial charge < -0.3 is 4.74 Å². The molecule has 1 aliphatic rings. The normalized spacial score (nSPS) is 14.2. The van der Waals surface area contributed by atoms with Crippen LogP contribution in [0.25, 0.3) is 11.1 Å². The first-order chi connectivity index (χ1) is 9.26. The minimum atomic E-state index is 0.323. The van der Waals surface area contributed by atoms with Gasteiger partial charge in [0.05, 0.1) is 11.1 Å². The molecule has 2 aromatic rings. The molecule has 1 aromatic heterocycles. The van der Waals surface area contributed by atoms with Crippen molar-refractivity contribution in [3.63, 3.8) is 0 Å². The van der Waals surface area contributed by atoms with E-state index in [1.54, 1.807) is 12.3 Å². The highest BCUT2D eigenvalue weighted by molar-refractivity contribution is 6.32. The maximum absolute atomic E-state index is 10.8. The minimum Gasteiger partial charge on any atom is -0.489 e. The van der Waals surface area contributed by atoms with E-state index in [0.29, 0.717) is 22.4 Å². The van der Waals surface area contributed by atoms with Gasteiger partial charge in [0.2, 0.25) is 0 Å². The molecule has 1 saturated carbocycles. The van der Waals surface area contributed by atoms with Crippen LogP contribution >= 0.6 is 11.6 Å². The summed E-state index contributed by atoms with van der Waals surface area (Å²) in [5.74, 6) is 0.715. The van der Waals surface area contributed by atoms with Crippen LogP contribution in [0.15, 0.2) is 36.7 Å². The van der Waals surface area contributed by atoms with E-state index in [2.05, 4.69) is 4.98 Å². The lowest BCUT2D eigenvalue weighted by Crippen LogP contribution is -1.96. The topological polar surface area (TPSA) is 39.2 Å². The van der Waals surface area contributed by atoms with Gasteiger partial charge in [-0.2, -0.15) is 0 Å². The molecule has 0 bridgehead atoms. The molecule has 0 N–H and O–H groups in total. The van der Waals surface area contributed by atoms with E-state index in [-0.39, 0.29) is 0 Å². The van der Waals surface area contributed by atoms with Crippen molar-refractivity contribution in [3.8, 4) is 16.9 Å². The van der Waals surface area contributed by atoms with Crippen molar-refractivity contribution in [1.82, 2.24) is 4.98 Å². The highest BCUT2D eigenvalue weighted by atomic mass is 35.5. The van der Waals surface area contributed by atoms with Crippen LogP contribution in [-0.2, 0) is 0 Å². The van der Waals surface area contributed by atoms with E-state index in [4.69, 9.17) is 16.3 Å². The molecular formula is C15H12ClNO2. The summed E-state index contributed by atoms with van der Waals surface area (Å²) in [7, 11) is 0. The van der Waals surface area contributed by atoms with E-state index in [1.165, 1.54) is 6.20 Å². The van der Waals surface area contributed by atoms with Gasteiger partial charge in [-0.05, 0) is 36.6 Å². The number of hydrogen-bond donors (Lipinski definition) is 0. The predicted molar refractivity (Wildman–Crippen MR) is 73.7 cm³/mol. The maximum atomic E-state index is 10.8. The largest absolute Gasteiger partial charge is 0.489 e. The molecule has 96 valence electrons. The number of aldehydes is 1. The summed E-state index contributed by atoms with van der Waals surface area (Å²) in [5.41, 5.74) is 2.33. The number of ether oxygens (including phenoxy) is 1. The van der Waals surface area contributed by atoms with Gasteiger partial charge in [-0.3, -0.25) is 9.78 Å². The lowest BCUT2D eigenvalue weighted by molar-refractivity contribution is 0.112. The van der Waals surface area contributed by atoms with Crippen LogP contribution in [0.4, 0.5) is 0 Å². The standard InChI is InChI=1S/C15H12ClNO2/c16-14-6-11(1-4-15(14)19-13-2-3-13)12-5-10(9-18)7-17-8-12/h1,4-9,13H,2-3H2. The lowest BCUT2D eigenvalue weighted by atomic mass is 10.1. The van der Waals surface area contributed by atoms with Crippen LogP contribution in [-0.4, -0.2) is 17.4 Å². The van der Waals surface area contributed by atoms with Crippen molar-refractivity contribution < 1.29 is 9.53 Å². The van der Waals surface area contributed by atoms with Crippen molar-refractivity contribution in [2.75, 3.05) is 0 Å². The first-order valence-corrected chi connectivity index (χ1v) is 6.51. The van der Waals surface area contributed by atoms with Crippen molar-refractivity contribution in [1.29, 1.82) is 0 Å². The van der Waals surface area contributed by atoms with Gasteiger partial charge in [0.25, 0.3) is 0 Å². The molecule has 3 rings (SSSR count). The molecule has 1 aliphatic carbocycles. The molecule has 19 heavy (non-hydrogen) atoms. The summed E-state index contributed by atoms with van der Waals surface area (Å²) in [6, 6.07) is 7.41. The lowest BCUT2D eigenvalue weighted by Gasteiger charge is -2.08. The molecule has 1 fully saturated rings. The van der Waals surface area contributed by atoms with Gasteiger partial charge >= 0.3 is 0 Å². The van der Waals surface area contributed by atoms with Gasteiger partial charge in [-0.15, -0.1) is 0 Å². The third kappa shape index (κ3) is 2.76. The van der Waals surface area contributed by atoms with E-state index >= 15 is 0 Å². The van der Waals surface area contributed by atoms with E-state index in [1.807, 2.05) is 18.2 Å². The Labute approximate surface area is 116 Å². The van der Waals surface area contributed by atoms with Crippen molar-refractivity contribution in [3.05, 3.63) is 47.2 Å². The average molecular weight is 274 g/mol. The van der Waals surface area contributed by atoms with Gasteiger partial charge in [0, 0.05) is 23.5 Å². The van der Waals surface area contributed by atoms with Crippen LogP contribution in [0.2, 0.25) is 5.02 Å². The third-order valence-electron chi connectivity index (χ3n) is 2.98. The highest BCUT2D eigenvalue weighted by Gasteiger charge is 2.24. The molecule has 0 spiro atoms. The van der Waals surface area contributed by atoms with Gasteiger partial charge in [-0.25, -0.2) is 0 Å². The second kappa shape index (κ2) is 5.02. The zero-order valence-electron chi connectivity index (χ0n) is 10.2. The first kappa shape index (κ1) is 12.2. The number of carbonyl (C=O) groups is 1. The summed E-state index contributed by atoms with van der Waals surface area (Å²) in [5, 5.41) is 0.584. The maximum Gasteiger partial charge on any atom is 0.151 e. The van der Waals surface area contributed by atoms with Gasteiger partial charge in [0.1, 0.15) is 5.75 Å². The number of pyridine rings is 1. The summed E-state index contributed by atoms with van der Waals surface area (Å²) in [6.07, 6.45) is 6.54. The number of hydrogen-bond acceptors (Lipinski definition) is 3. The summed E-state index contributed by atoms with van der Waals surface area (Å²) in [6.45, 7) is 0. The Morgan fingerprint density at radius 2 is 2.05 bits per heavy atom. The van der Waals surface area contributed by atoms with Crippen molar-refractivity contribution >= 4 is 17.9 Å². The number of carbonyl (C=O) groups excluding carboxylic acids is 1. The molecular weight excluding hydrogens is 262 g/mol. The second-order valence-corrected chi connectivity index (χ2v) is 4.99. The van der Waals surface area contributed by atoms with E-state index in [9.17, 15) is 4.79 Å². The molecule has 0 radical (unpaired) electrons. The zero-order valence-corrected chi connectivity index (χ0v) is 10.9. The Balaban J connectivity index is 1.91. The fraction of sp³-hybridized carbons (Fsp3) is 0.200. The molecule has 0 saturated heterocycles. The Morgan fingerprint density at radius 1 is 1.21 bits per heavy atom. The van der Waals surface area contributed by atoms with Gasteiger partial charge in [0.15, 0.2) is 6.29 Å². The number of rotatable bonds is 4. The van der Waals surface area contributed by atoms with Crippen LogP contribution < -0.4 is 4.74 Å². The first-order valence-electron chi connectivity index (χ1n) is 6.13. The average Bonchev–Trinajstić information content (AvgIpc) is 3.25. The third-order valence-corrected chi connectivity index (χ3v) is 3.27. The molecule has 0 aliphatic heterocycles. The molecule has 0 atom stereocenters. The van der Waals surface area contributed by atoms with Gasteiger partial charge in [-0.1, -0.05) is 17.7 Å². The molecule has 0 unspecified atom stereocenters. The molecule has 1 heterocycles. The highest BCUT2D eigenvalue weighted by Crippen LogP contribution is 2.34. The molecule has 4 heteroatoms. The fourth-order valence-corrected chi connectivity index (χ4v) is 2.05. The molecule has 1 aromatic carbocycles. The summed E-state index contributed by atoms with van der Waals surface area (Å²) in [4.78, 5) is 14.8. The Bertz CT molecular complexity index is 623. The van der Waals surface area contributed by atoms with Crippen molar-refractivity contribution in [2.24, 2.45) is 0 Å². The number of aromatic nitrogens is 1. The molecule has 3 nitrogen and oxygen atoms in total. The SMILES string of the molecule is O=Cc1cncc(-c2ccc(OC3CC3)c(Cl)c2)c1. The predicted octanol–water partition coefficient (Wildman–Crippen LogP) is 3.76. The fourth-order valence-electron chi connectivity index (χ4n) is 1.82. The van der Waals surface area contributed by atoms with E-state index < -0.39 is 0 Å². The number of benzene rings is 1. The second-order valence-electron chi connectivity index (χ2n) is 4.59. The Morgan fingerprint density at radius 3 is 2.74 bits per heavy atom. The van der Waals surface area contributed by atoms with Crippen LogP contribution in [0.1, 0.15) is 23.2 Å². The zero-order chi connectivity index (χ0) is 13.2. The van der Waals surface area contributed by atoms with Crippen LogP contribution in [0.5, 0.6) is 5.75 Å². The molecule has 0 amide bonds. The Hall–Kier alpha value is -1.87. The van der Waals surface area contributed by atoms with Crippen LogP contribution in [0, 0.1) is 0 Å². The summed E-state index contributed by atoms with van der Waals surface area (Å²) >= 11 is 6.21. The summed E-state index contributed by atoms with van der Waals surface area (Å²) < 4.78 is 5.69.